The van der Waals surface area contributed by atoms with Crippen LogP contribution in [0, 0.1) is 17.1 Å². The van der Waals surface area contributed by atoms with Crippen LogP contribution in [0.15, 0.2) is 60.9 Å². The van der Waals surface area contributed by atoms with E-state index in [1.54, 1.807) is 42.6 Å². The monoisotopic (exact) mass is 320 g/mol. The number of hydrogen-bond acceptors (Lipinski definition) is 4. The van der Waals surface area contributed by atoms with E-state index in [1.807, 2.05) is 6.07 Å². The molecule has 0 N–H and O–H groups in total. The predicted octanol–water partition coefficient (Wildman–Crippen LogP) is 2.69. The summed E-state index contributed by atoms with van der Waals surface area (Å²) < 4.78 is 14.5. The van der Waals surface area contributed by atoms with Crippen molar-refractivity contribution in [2.24, 2.45) is 0 Å². The van der Waals surface area contributed by atoms with E-state index in [4.69, 9.17) is 5.26 Å². The number of nitriles is 1. The van der Waals surface area contributed by atoms with Crippen molar-refractivity contribution < 1.29 is 9.18 Å². The second kappa shape index (κ2) is 6.84. The lowest BCUT2D eigenvalue weighted by Gasteiger charge is -2.16. The number of halogens is 1. The first kappa shape index (κ1) is 15.6. The number of aromatic nitrogens is 3. The number of carbonyl (C=O) groups excluding carboxylic acids is 1. The van der Waals surface area contributed by atoms with Gasteiger partial charge in [-0.25, -0.2) is 9.07 Å². The Bertz CT molecular complexity index is 865. The summed E-state index contributed by atoms with van der Waals surface area (Å²) in [6, 6.07) is 14.0. The first-order chi connectivity index (χ1) is 11.7. The highest BCUT2D eigenvalue weighted by molar-refractivity contribution is 5.87. The molecule has 3 rings (SSSR count). The molecule has 1 atom stereocenters. The van der Waals surface area contributed by atoms with Gasteiger partial charge < -0.3 is 0 Å². The van der Waals surface area contributed by atoms with Crippen molar-refractivity contribution in [2.75, 3.05) is 0 Å². The van der Waals surface area contributed by atoms with Crippen LogP contribution in [0.4, 0.5) is 4.39 Å². The van der Waals surface area contributed by atoms with Crippen LogP contribution in [-0.4, -0.2) is 20.8 Å². The second-order valence-electron chi connectivity index (χ2n) is 5.29. The van der Waals surface area contributed by atoms with Gasteiger partial charge in [0.1, 0.15) is 11.9 Å². The third-order valence-corrected chi connectivity index (χ3v) is 3.66. The second-order valence-corrected chi connectivity index (χ2v) is 5.29. The summed E-state index contributed by atoms with van der Waals surface area (Å²) in [5.74, 6) is -0.442. The molecule has 0 saturated heterocycles. The maximum atomic E-state index is 13.0. The van der Waals surface area contributed by atoms with Gasteiger partial charge in [0.15, 0.2) is 5.78 Å². The van der Waals surface area contributed by atoms with Crippen molar-refractivity contribution in [3.63, 3.8) is 0 Å². The van der Waals surface area contributed by atoms with E-state index in [2.05, 4.69) is 10.3 Å². The van der Waals surface area contributed by atoms with Crippen LogP contribution in [0.25, 0.3) is 0 Å². The van der Waals surface area contributed by atoms with Gasteiger partial charge in [0.2, 0.25) is 0 Å². The Morgan fingerprint density at radius 1 is 1.17 bits per heavy atom. The highest BCUT2D eigenvalue weighted by Crippen LogP contribution is 2.21. The van der Waals surface area contributed by atoms with Gasteiger partial charge in [-0.1, -0.05) is 29.5 Å². The van der Waals surface area contributed by atoms with Gasteiger partial charge in [0, 0.05) is 12.6 Å². The summed E-state index contributed by atoms with van der Waals surface area (Å²) in [4.78, 5) is 12.8. The first-order valence-corrected chi connectivity index (χ1v) is 7.30. The molecule has 0 fully saturated rings. The zero-order valence-electron chi connectivity index (χ0n) is 12.6. The van der Waals surface area contributed by atoms with Crippen LogP contribution in [-0.2, 0) is 11.2 Å². The number of nitrogens with zero attached hydrogens (tertiary/aromatic N) is 4. The molecule has 1 unspecified atom stereocenters. The van der Waals surface area contributed by atoms with E-state index >= 15 is 0 Å². The lowest BCUT2D eigenvalue weighted by molar-refractivity contribution is -0.120. The molecular formula is C18H13FN4O. The quantitative estimate of drug-likeness (QED) is 0.724. The fraction of sp³-hybridized carbons (Fsp3) is 0.111. The maximum absolute atomic E-state index is 13.0. The summed E-state index contributed by atoms with van der Waals surface area (Å²) in [6.07, 6.45) is 3.26. The van der Waals surface area contributed by atoms with Crippen LogP contribution in [0.1, 0.15) is 22.7 Å². The van der Waals surface area contributed by atoms with Gasteiger partial charge in [-0.3, -0.25) is 4.79 Å². The molecule has 3 aromatic rings. The Morgan fingerprint density at radius 2 is 1.88 bits per heavy atom. The van der Waals surface area contributed by atoms with Gasteiger partial charge in [-0.15, -0.1) is 5.10 Å². The molecule has 0 bridgehead atoms. The minimum atomic E-state index is -0.648. The molecule has 0 saturated carbocycles. The molecular weight excluding hydrogens is 307 g/mol. The lowest BCUT2D eigenvalue weighted by atomic mass is 9.97. The number of benzene rings is 2. The number of Topliss-reactive ketones (excluding diaryl/α,β-unsaturated/α-hetero) is 1. The molecule has 5 nitrogen and oxygen atoms in total. The van der Waals surface area contributed by atoms with Crippen LogP contribution in [0.2, 0.25) is 0 Å². The standard InChI is InChI=1S/C18H13FN4O/c19-16-7-3-13(4-8-16)11-17(24)18(23-10-9-21-22-23)15-5-1-14(12-20)2-6-15/h1-10,18H,11H2. The van der Waals surface area contributed by atoms with Crippen molar-refractivity contribution in [1.29, 1.82) is 5.26 Å². The van der Waals surface area contributed by atoms with Crippen LogP contribution >= 0.6 is 0 Å². The van der Waals surface area contributed by atoms with E-state index in [-0.39, 0.29) is 18.0 Å². The topological polar surface area (TPSA) is 71.6 Å². The Kier molecular flexibility index (Phi) is 4.43. The van der Waals surface area contributed by atoms with Crippen LogP contribution in [0.5, 0.6) is 0 Å². The van der Waals surface area contributed by atoms with E-state index in [1.165, 1.54) is 23.0 Å². The van der Waals surface area contributed by atoms with Crippen LogP contribution in [0.3, 0.4) is 0 Å². The number of carbonyl (C=O) groups is 1. The normalized spacial score (nSPS) is 11.7. The van der Waals surface area contributed by atoms with E-state index in [0.717, 1.165) is 5.56 Å². The molecule has 1 aromatic heterocycles. The fourth-order valence-corrected chi connectivity index (χ4v) is 2.48. The zero-order valence-corrected chi connectivity index (χ0v) is 12.6. The molecule has 0 aliphatic heterocycles. The van der Waals surface area contributed by atoms with Crippen molar-refractivity contribution in [3.05, 3.63) is 83.4 Å². The van der Waals surface area contributed by atoms with Gasteiger partial charge in [-0.05, 0) is 35.4 Å². The van der Waals surface area contributed by atoms with Crippen LogP contribution < -0.4 is 0 Å². The molecule has 118 valence electrons. The maximum Gasteiger partial charge on any atom is 0.166 e. The van der Waals surface area contributed by atoms with Crippen molar-refractivity contribution >= 4 is 5.78 Å². The molecule has 2 aromatic carbocycles. The average Bonchev–Trinajstić information content (AvgIpc) is 3.12. The molecule has 1 heterocycles. The molecule has 0 spiro atoms. The van der Waals surface area contributed by atoms with Crippen molar-refractivity contribution in [1.82, 2.24) is 15.0 Å². The minimum absolute atomic E-state index is 0.100. The van der Waals surface area contributed by atoms with Gasteiger partial charge in [-0.2, -0.15) is 5.26 Å². The summed E-state index contributed by atoms with van der Waals surface area (Å²) in [5.41, 5.74) is 1.95. The molecule has 0 aliphatic carbocycles. The largest absolute Gasteiger partial charge is 0.297 e. The first-order valence-electron chi connectivity index (χ1n) is 7.30. The van der Waals surface area contributed by atoms with E-state index in [0.29, 0.717) is 11.1 Å². The van der Waals surface area contributed by atoms with Crippen molar-refractivity contribution in [3.8, 4) is 6.07 Å². The number of rotatable bonds is 5. The average molecular weight is 320 g/mol. The number of hydrogen-bond donors (Lipinski definition) is 0. The Morgan fingerprint density at radius 3 is 2.46 bits per heavy atom. The molecule has 0 radical (unpaired) electrons. The Hall–Kier alpha value is -3.33. The molecule has 6 heteroatoms. The number of ketones is 1. The summed E-state index contributed by atoms with van der Waals surface area (Å²) in [7, 11) is 0. The highest BCUT2D eigenvalue weighted by atomic mass is 19.1. The third-order valence-electron chi connectivity index (χ3n) is 3.66. The molecule has 0 aliphatic rings. The van der Waals surface area contributed by atoms with Gasteiger partial charge in [0.05, 0.1) is 17.8 Å². The van der Waals surface area contributed by atoms with E-state index in [9.17, 15) is 9.18 Å². The predicted molar refractivity (Wildman–Crippen MR) is 84.4 cm³/mol. The lowest BCUT2D eigenvalue weighted by Crippen LogP contribution is -2.23. The molecule has 24 heavy (non-hydrogen) atoms. The SMILES string of the molecule is N#Cc1ccc(C(C(=O)Cc2ccc(F)cc2)n2ccnn2)cc1. The van der Waals surface area contributed by atoms with Gasteiger partial charge >= 0.3 is 0 Å². The third kappa shape index (κ3) is 3.36. The molecule has 0 amide bonds. The highest BCUT2D eigenvalue weighted by Gasteiger charge is 2.23. The summed E-state index contributed by atoms with van der Waals surface area (Å²) >= 11 is 0. The van der Waals surface area contributed by atoms with E-state index < -0.39 is 6.04 Å². The minimum Gasteiger partial charge on any atom is -0.297 e. The summed E-state index contributed by atoms with van der Waals surface area (Å²) in [6.45, 7) is 0. The summed E-state index contributed by atoms with van der Waals surface area (Å²) in [5, 5.41) is 16.6. The van der Waals surface area contributed by atoms with Crippen molar-refractivity contribution in [2.45, 2.75) is 12.5 Å². The smallest absolute Gasteiger partial charge is 0.166 e. The van der Waals surface area contributed by atoms with Gasteiger partial charge in [0.25, 0.3) is 0 Å². The Balaban J connectivity index is 1.91. The zero-order chi connectivity index (χ0) is 16.9. The Labute approximate surface area is 138 Å². The fourth-order valence-electron chi connectivity index (χ4n) is 2.48.